The smallest absolute Gasteiger partial charge is 0.245 e. The molecule has 5 rings (SSSR count). The molecule has 0 spiro atoms. The number of H-pyrrole nitrogens is 1. The summed E-state index contributed by atoms with van der Waals surface area (Å²) in [5.41, 5.74) is 15.1. The summed E-state index contributed by atoms with van der Waals surface area (Å²) in [5, 5.41) is 49.8. The minimum absolute atomic E-state index is 0.00657. The van der Waals surface area contributed by atoms with Gasteiger partial charge < -0.3 is 74.3 Å². The highest BCUT2D eigenvalue weighted by molar-refractivity contribution is 8.76. The highest BCUT2D eigenvalue weighted by Crippen LogP contribution is 2.23. The quantitative estimate of drug-likeness (QED) is 0.0375. The summed E-state index contributed by atoms with van der Waals surface area (Å²) in [6.45, 7) is 6.92. The first-order valence-electron chi connectivity index (χ1n) is 26.8. The van der Waals surface area contributed by atoms with Crippen molar-refractivity contribution in [1.82, 2.24) is 47.5 Å². The van der Waals surface area contributed by atoms with E-state index in [0.717, 1.165) is 12.8 Å². The molecule has 1 heterocycles. The zero-order valence-corrected chi connectivity index (χ0v) is 50.2. The van der Waals surface area contributed by atoms with Gasteiger partial charge in [0.25, 0.3) is 0 Å². The largest absolute Gasteiger partial charge is 0.508 e. The van der Waals surface area contributed by atoms with Crippen LogP contribution in [0.25, 0.3) is 10.9 Å². The Morgan fingerprint density at radius 1 is 0.679 bits per heavy atom. The maximum atomic E-state index is 13.2. The van der Waals surface area contributed by atoms with Crippen molar-refractivity contribution < 1.29 is 53.7 Å². The highest BCUT2D eigenvalue weighted by atomic mass is 33.1. The summed E-state index contributed by atoms with van der Waals surface area (Å²) in [6, 6.07) is 20.6. The zero-order valence-electron chi connectivity index (χ0n) is 48.5. The molecular formula is C57H91N11O11S2. The number of phenols is 1. The van der Waals surface area contributed by atoms with Crippen molar-refractivity contribution >= 4 is 79.7 Å². The fraction of sp³-hybridized carbons (Fsp3) is 0.509. The van der Waals surface area contributed by atoms with Gasteiger partial charge in [-0.1, -0.05) is 107 Å². The van der Waals surface area contributed by atoms with Gasteiger partial charge >= 0.3 is 0 Å². The fourth-order valence-corrected chi connectivity index (χ4v) is 7.22. The van der Waals surface area contributed by atoms with Crippen LogP contribution in [0.3, 0.4) is 0 Å². The molecule has 1 fully saturated rings. The van der Waals surface area contributed by atoms with E-state index in [2.05, 4.69) is 104 Å². The number of hydrogen-bond donors (Lipinski definition) is 14. The van der Waals surface area contributed by atoms with Crippen LogP contribution in [0.4, 0.5) is 0 Å². The van der Waals surface area contributed by atoms with E-state index in [1.165, 1.54) is 74.2 Å². The van der Waals surface area contributed by atoms with Crippen molar-refractivity contribution in [3.8, 4) is 5.75 Å². The maximum Gasteiger partial charge on any atom is 0.245 e. The molecule has 5 atom stereocenters. The number of phenolic OH excluding ortho intramolecular Hbond substituents is 1. The summed E-state index contributed by atoms with van der Waals surface area (Å²) in [7, 11) is 7.30. The van der Waals surface area contributed by atoms with Crippen molar-refractivity contribution in [1.29, 1.82) is 0 Å². The average Bonchev–Trinajstić information content (AvgIpc) is 3.83. The Morgan fingerprint density at radius 3 is 1.72 bits per heavy atom. The van der Waals surface area contributed by atoms with E-state index in [9.17, 15) is 53.7 Å². The summed E-state index contributed by atoms with van der Waals surface area (Å²) >= 11 is 0. The zero-order chi connectivity index (χ0) is 61.1. The van der Waals surface area contributed by atoms with Gasteiger partial charge in [0, 0.05) is 42.9 Å². The number of para-hydroxylation sites is 1. The molecule has 16 N–H and O–H groups in total. The average molecular weight is 1170 g/mol. The van der Waals surface area contributed by atoms with Gasteiger partial charge in [0.2, 0.25) is 47.3 Å². The third-order valence-electron chi connectivity index (χ3n) is 11.5. The lowest BCUT2D eigenvalue weighted by Crippen LogP contribution is -2.58. The van der Waals surface area contributed by atoms with Gasteiger partial charge in [-0.2, -0.15) is 0 Å². The number of fused-ring (bicyclic) bond motifs is 1. The molecule has 0 radical (unpaired) electrons. The van der Waals surface area contributed by atoms with Gasteiger partial charge in [-0.05, 0) is 122 Å². The topological polar surface area (TPSA) is 361 Å². The van der Waals surface area contributed by atoms with Crippen LogP contribution in [0.1, 0.15) is 88.8 Å². The number of aliphatic hydroxyl groups excluding tert-OH is 2. The molecule has 0 aliphatic heterocycles. The third-order valence-corrected chi connectivity index (χ3v) is 12.9. The van der Waals surface area contributed by atoms with Crippen molar-refractivity contribution in [2.45, 2.75) is 123 Å². The second-order valence-electron chi connectivity index (χ2n) is 18.9. The molecule has 22 nitrogen and oxygen atoms in total. The molecule has 1 aliphatic rings. The Kier molecular flexibility index (Phi) is 41.3. The number of aliphatic hydroxyl groups is 2. The first kappa shape index (κ1) is 74.3. The van der Waals surface area contributed by atoms with E-state index in [1.54, 1.807) is 33.7 Å². The van der Waals surface area contributed by atoms with Crippen molar-refractivity contribution in [3.63, 3.8) is 0 Å². The van der Waals surface area contributed by atoms with Gasteiger partial charge in [-0.3, -0.25) is 38.4 Å². The number of unbranched alkanes of at least 4 members (excludes halogenated alkanes) is 1. The normalized spacial score (nSPS) is 13.2. The Hall–Kier alpha value is -6.70. The lowest BCUT2D eigenvalue weighted by Gasteiger charge is -2.25. The van der Waals surface area contributed by atoms with Crippen LogP contribution in [0, 0.1) is 19.8 Å². The molecular weight excluding hydrogens is 1080 g/mol. The number of nitrogens with two attached hydrogens (primary N) is 2. The molecule has 452 valence electrons. The second kappa shape index (κ2) is 45.0. The number of carbonyl (C=O) groups excluding carboxylic acids is 8. The van der Waals surface area contributed by atoms with Crippen LogP contribution in [0.15, 0.2) is 85.1 Å². The van der Waals surface area contributed by atoms with Gasteiger partial charge in [-0.15, -0.1) is 0 Å². The van der Waals surface area contributed by atoms with Crippen LogP contribution < -0.4 is 54.0 Å². The molecule has 0 bridgehead atoms. The molecule has 5 unspecified atom stereocenters. The number of hydrogen-bond acceptors (Lipinski definition) is 15. The predicted octanol–water partition coefficient (Wildman–Crippen LogP) is 2.75. The molecule has 1 aromatic heterocycles. The van der Waals surface area contributed by atoms with Crippen LogP contribution in [0.2, 0.25) is 0 Å². The number of benzene rings is 3. The van der Waals surface area contributed by atoms with Crippen molar-refractivity contribution in [3.05, 3.63) is 102 Å². The summed E-state index contributed by atoms with van der Waals surface area (Å²) in [4.78, 5) is 101. The molecule has 0 saturated heterocycles. The van der Waals surface area contributed by atoms with Gasteiger partial charge in [0.15, 0.2) is 0 Å². The summed E-state index contributed by atoms with van der Waals surface area (Å²) in [5.74, 6) is -4.86. The van der Waals surface area contributed by atoms with Crippen LogP contribution in [-0.2, 0) is 44.8 Å². The Morgan fingerprint density at radius 2 is 1.22 bits per heavy atom. The Balaban J connectivity index is 0.00000151. The molecule has 3 aromatic carbocycles. The van der Waals surface area contributed by atoms with Crippen molar-refractivity contribution in [2.75, 3.05) is 59.3 Å². The van der Waals surface area contributed by atoms with E-state index in [0.29, 0.717) is 24.9 Å². The van der Waals surface area contributed by atoms with Gasteiger partial charge in [0.05, 0.1) is 31.8 Å². The van der Waals surface area contributed by atoms with Crippen LogP contribution >= 0.6 is 21.6 Å². The predicted molar refractivity (Wildman–Crippen MR) is 324 cm³/mol. The molecule has 81 heavy (non-hydrogen) atoms. The van der Waals surface area contributed by atoms with E-state index in [-0.39, 0.29) is 37.0 Å². The SMILES string of the molecule is CC(=O)NCC(=O)NC(Cc1ccc(O)cc1)C(=O)NCC(=O)NC(CCCCN)C(=O)NC(C(=O)NCC(=O)NCC(C)O)C(C)O.CNC.CSSC.Cc1c[nH]c2ccccc12.Cc1ccccc1.NC(=O)C1CCCCC1. The van der Waals surface area contributed by atoms with Gasteiger partial charge in [-0.25, -0.2) is 0 Å². The summed E-state index contributed by atoms with van der Waals surface area (Å²) < 4.78 is 0. The number of aromatic nitrogens is 1. The number of aromatic amines is 1. The number of aromatic hydroxyl groups is 1. The van der Waals surface area contributed by atoms with Crippen LogP contribution in [-0.4, -0.2) is 157 Å². The second-order valence-corrected chi connectivity index (χ2v) is 21.5. The Labute approximate surface area is 485 Å². The van der Waals surface area contributed by atoms with E-state index < -0.39 is 91.3 Å². The Bertz CT molecular complexity index is 2420. The number of aryl methyl sites for hydroxylation is 2. The molecule has 1 aliphatic carbocycles. The minimum Gasteiger partial charge on any atom is -0.508 e. The van der Waals surface area contributed by atoms with Crippen molar-refractivity contribution in [2.24, 2.45) is 17.4 Å². The number of carbonyl (C=O) groups is 8. The number of primary amides is 1. The number of rotatable bonds is 23. The first-order chi connectivity index (χ1) is 38.5. The monoisotopic (exact) mass is 1170 g/mol. The van der Waals surface area contributed by atoms with Crippen LogP contribution in [0.5, 0.6) is 5.75 Å². The molecule has 24 heteroatoms. The first-order valence-corrected chi connectivity index (χ1v) is 29.8. The van der Waals surface area contributed by atoms with Gasteiger partial charge in [0.1, 0.15) is 23.9 Å². The lowest BCUT2D eigenvalue weighted by molar-refractivity contribution is -0.135. The highest BCUT2D eigenvalue weighted by Gasteiger charge is 2.30. The minimum atomic E-state index is -1.49. The number of amides is 8. The maximum absolute atomic E-state index is 13.2. The van der Waals surface area contributed by atoms with E-state index in [1.807, 2.05) is 44.6 Å². The standard InChI is InChI=1S/C30H48N8O10.C9H9N.C7H13NO.C7H8.C2H7N.C2H6S2/c1-17(39)13-33-24(43)14-35-30(48)27(18(2)40)38-29(47)22(6-4-5-11-31)36-26(45)16-34-28(46)23(37-25(44)15-32-19(3)41)12-20-7-9-21(42)10-8-20;1-7-6-10-9-5-3-2-4-8(7)9;8-7(9)6-4-2-1-3-5-6;1-7-5-3-2-4-6-7;1-3-2;1-3-4-2/h7-10,17-18,22-23,27,39-40,42H,4-6,11-16,31H2,1-3H3,(H,32,41)(H,33,43)(H,34,46)(H,35,48)(H,36,45)(H,37,44)(H,38,47);2-6,10H,1H3;6H,1-5H2,(H2,8,9);2-6H,1H3;3H,1-2H3;1-2H3. The summed E-state index contributed by atoms with van der Waals surface area (Å²) in [6.07, 6.45) is 10.7. The third kappa shape index (κ3) is 36.3. The van der Waals surface area contributed by atoms with E-state index in [4.69, 9.17) is 11.5 Å². The number of nitrogens with one attached hydrogen (secondary N) is 9. The fourth-order valence-electron chi connectivity index (χ4n) is 7.22. The van der Waals surface area contributed by atoms with E-state index >= 15 is 0 Å². The lowest BCUT2D eigenvalue weighted by atomic mass is 9.89. The molecule has 4 aromatic rings. The molecule has 1 saturated carbocycles. The molecule has 8 amide bonds.